The molecule has 0 aliphatic carbocycles. The van der Waals surface area contributed by atoms with E-state index in [1.807, 2.05) is 48.0 Å². The maximum absolute atomic E-state index is 10.4. The summed E-state index contributed by atoms with van der Waals surface area (Å²) in [4.78, 5) is 10.0. The van der Waals surface area contributed by atoms with Crippen molar-refractivity contribution in [3.63, 3.8) is 0 Å². The van der Waals surface area contributed by atoms with Gasteiger partial charge in [0.2, 0.25) is 10.1 Å². The van der Waals surface area contributed by atoms with Gasteiger partial charge in [-0.15, -0.1) is 5.10 Å². The minimum Gasteiger partial charge on any atom is -0.387 e. The van der Waals surface area contributed by atoms with Crippen LogP contribution in [0.1, 0.15) is 17.4 Å². The van der Waals surface area contributed by atoms with E-state index in [1.54, 1.807) is 11.3 Å². The Kier molecular flexibility index (Phi) is 4.22. The van der Waals surface area contributed by atoms with Crippen molar-refractivity contribution in [3.8, 4) is 0 Å². The summed E-state index contributed by atoms with van der Waals surface area (Å²) in [6.07, 6.45) is 1.53. The molecule has 1 aliphatic rings. The van der Waals surface area contributed by atoms with Crippen molar-refractivity contribution in [3.05, 3.63) is 47.8 Å². The quantitative estimate of drug-likeness (QED) is 0.785. The van der Waals surface area contributed by atoms with Crippen LogP contribution in [0.3, 0.4) is 0 Å². The highest BCUT2D eigenvalue weighted by molar-refractivity contribution is 7.20. The Hall–Kier alpha value is -1.96. The van der Waals surface area contributed by atoms with E-state index in [1.165, 1.54) is 0 Å². The molecular weight excluding hydrogens is 322 g/mol. The van der Waals surface area contributed by atoms with E-state index >= 15 is 0 Å². The summed E-state index contributed by atoms with van der Waals surface area (Å²) in [5, 5.41) is 16.0. The third-order valence-corrected chi connectivity index (χ3v) is 5.39. The Bertz CT molecular complexity index is 775. The van der Waals surface area contributed by atoms with Crippen molar-refractivity contribution in [2.24, 2.45) is 0 Å². The minimum atomic E-state index is -0.427. The highest BCUT2D eigenvalue weighted by atomic mass is 32.1. The zero-order valence-electron chi connectivity index (χ0n) is 13.7. The molecule has 4 rings (SSSR count). The number of hydrogen-bond donors (Lipinski definition) is 1. The number of β-amino-alcohol motifs (C(OH)–C–C–N with tert-alkyl or cyclic N) is 1. The van der Waals surface area contributed by atoms with Gasteiger partial charge < -0.3 is 10.0 Å². The number of aliphatic hydroxyl groups excluding tert-OH is 1. The molecule has 0 bridgehead atoms. The maximum atomic E-state index is 10.4. The van der Waals surface area contributed by atoms with E-state index in [2.05, 4.69) is 19.9 Å². The molecule has 1 aromatic carbocycles. The molecule has 7 heteroatoms. The number of piperazine rings is 1. The van der Waals surface area contributed by atoms with Crippen LogP contribution in [0.2, 0.25) is 0 Å². The summed E-state index contributed by atoms with van der Waals surface area (Å²) in [7, 11) is 0. The van der Waals surface area contributed by atoms with E-state index in [9.17, 15) is 5.11 Å². The summed E-state index contributed by atoms with van der Waals surface area (Å²) >= 11 is 1.64. The van der Waals surface area contributed by atoms with Gasteiger partial charge in [-0.25, -0.2) is 9.50 Å². The summed E-state index contributed by atoms with van der Waals surface area (Å²) in [6.45, 7) is 6.39. The summed E-state index contributed by atoms with van der Waals surface area (Å²) in [5.41, 5.74) is 1.98. The van der Waals surface area contributed by atoms with Crippen LogP contribution in [0.5, 0.6) is 0 Å². The summed E-state index contributed by atoms with van der Waals surface area (Å²) in [6, 6.07) is 9.87. The Labute approximate surface area is 145 Å². The van der Waals surface area contributed by atoms with Crippen molar-refractivity contribution >= 4 is 21.4 Å². The molecule has 6 nitrogen and oxygen atoms in total. The SMILES string of the molecule is Cc1cn2nc(N3CCN(C[C@@H](O)c4ccccc4)CC3)sc2n1. The second-order valence-electron chi connectivity index (χ2n) is 6.21. The molecule has 3 heterocycles. The first-order valence-corrected chi connectivity index (χ1v) is 9.04. The molecule has 0 unspecified atom stereocenters. The predicted molar refractivity (Wildman–Crippen MR) is 95.7 cm³/mol. The molecule has 126 valence electrons. The molecule has 1 saturated heterocycles. The maximum Gasteiger partial charge on any atom is 0.214 e. The first kappa shape index (κ1) is 15.6. The van der Waals surface area contributed by atoms with E-state index < -0.39 is 6.10 Å². The lowest BCUT2D eigenvalue weighted by Crippen LogP contribution is -2.47. The molecule has 1 atom stereocenters. The van der Waals surface area contributed by atoms with Crippen molar-refractivity contribution in [2.45, 2.75) is 13.0 Å². The van der Waals surface area contributed by atoms with Crippen molar-refractivity contribution in [2.75, 3.05) is 37.6 Å². The van der Waals surface area contributed by atoms with E-state index in [4.69, 9.17) is 0 Å². The molecule has 0 amide bonds. The van der Waals surface area contributed by atoms with Gasteiger partial charge in [-0.1, -0.05) is 41.7 Å². The van der Waals surface area contributed by atoms with Crippen molar-refractivity contribution in [1.29, 1.82) is 0 Å². The van der Waals surface area contributed by atoms with Gasteiger partial charge in [-0.05, 0) is 12.5 Å². The lowest BCUT2D eigenvalue weighted by molar-refractivity contribution is 0.109. The van der Waals surface area contributed by atoms with Crippen molar-refractivity contribution < 1.29 is 5.11 Å². The molecule has 3 aromatic rings. The number of rotatable bonds is 4. The first-order valence-electron chi connectivity index (χ1n) is 8.22. The van der Waals surface area contributed by atoms with Gasteiger partial charge in [-0.3, -0.25) is 4.90 Å². The number of aliphatic hydroxyl groups is 1. The number of fused-ring (bicyclic) bond motifs is 1. The Morgan fingerprint density at radius 3 is 2.62 bits per heavy atom. The van der Waals surface area contributed by atoms with Gasteiger partial charge in [0.15, 0.2) is 0 Å². The van der Waals surface area contributed by atoms with E-state index in [-0.39, 0.29) is 0 Å². The lowest BCUT2D eigenvalue weighted by Gasteiger charge is -2.35. The molecule has 2 aromatic heterocycles. The number of nitrogens with zero attached hydrogens (tertiary/aromatic N) is 5. The average molecular weight is 343 g/mol. The molecule has 1 fully saturated rings. The monoisotopic (exact) mass is 343 g/mol. The van der Waals surface area contributed by atoms with E-state index in [0.29, 0.717) is 6.54 Å². The van der Waals surface area contributed by atoms with Gasteiger partial charge in [0.1, 0.15) is 0 Å². The lowest BCUT2D eigenvalue weighted by atomic mass is 10.1. The number of aromatic nitrogens is 3. The first-order chi connectivity index (χ1) is 11.7. The molecular formula is C17H21N5OS. The molecule has 24 heavy (non-hydrogen) atoms. The summed E-state index contributed by atoms with van der Waals surface area (Å²) in [5.74, 6) is 0. The standard InChI is InChI=1S/C17H21N5OS/c1-13-11-22-16(18-13)24-17(19-22)21-9-7-20(8-10-21)12-15(23)14-5-3-2-4-6-14/h2-6,11,15,23H,7-10,12H2,1H3/t15-/m1/s1. The molecule has 0 spiro atoms. The van der Waals surface area contributed by atoms with Crippen LogP contribution in [-0.2, 0) is 0 Å². The smallest absolute Gasteiger partial charge is 0.214 e. The fourth-order valence-corrected chi connectivity index (χ4v) is 4.05. The third kappa shape index (κ3) is 3.15. The second kappa shape index (κ2) is 6.51. The van der Waals surface area contributed by atoms with Gasteiger partial charge in [0.25, 0.3) is 0 Å². The van der Waals surface area contributed by atoms with Crippen LogP contribution in [-0.4, -0.2) is 57.3 Å². The average Bonchev–Trinajstić information content (AvgIpc) is 3.13. The van der Waals surface area contributed by atoms with Crippen LogP contribution in [0, 0.1) is 6.92 Å². The minimum absolute atomic E-state index is 0.427. The van der Waals surface area contributed by atoms with Gasteiger partial charge in [-0.2, -0.15) is 0 Å². The van der Waals surface area contributed by atoms with Crippen LogP contribution in [0.25, 0.3) is 4.96 Å². The van der Waals surface area contributed by atoms with Gasteiger partial charge in [0.05, 0.1) is 18.0 Å². The van der Waals surface area contributed by atoms with Gasteiger partial charge >= 0.3 is 0 Å². The number of aryl methyl sites for hydroxylation is 1. The fourth-order valence-electron chi connectivity index (χ4n) is 3.07. The topological polar surface area (TPSA) is 56.9 Å². The zero-order chi connectivity index (χ0) is 16.5. The highest BCUT2D eigenvalue weighted by Gasteiger charge is 2.22. The number of anilines is 1. The second-order valence-corrected chi connectivity index (χ2v) is 7.14. The highest BCUT2D eigenvalue weighted by Crippen LogP contribution is 2.24. The molecule has 0 radical (unpaired) electrons. The fraction of sp³-hybridized carbons (Fsp3) is 0.412. The number of imidazole rings is 1. The normalized spacial score (nSPS) is 17.5. The number of benzene rings is 1. The van der Waals surface area contributed by atoms with Crippen LogP contribution in [0.4, 0.5) is 5.13 Å². The van der Waals surface area contributed by atoms with Crippen LogP contribution < -0.4 is 4.90 Å². The Morgan fingerprint density at radius 2 is 1.92 bits per heavy atom. The van der Waals surface area contributed by atoms with Crippen molar-refractivity contribution in [1.82, 2.24) is 19.5 Å². The summed E-state index contributed by atoms with van der Waals surface area (Å²) < 4.78 is 1.86. The van der Waals surface area contributed by atoms with Gasteiger partial charge in [0, 0.05) is 32.7 Å². The molecule has 1 aliphatic heterocycles. The predicted octanol–water partition coefficient (Wildman–Crippen LogP) is 1.95. The molecule has 1 N–H and O–H groups in total. The Balaban J connectivity index is 1.35. The van der Waals surface area contributed by atoms with E-state index in [0.717, 1.165) is 47.5 Å². The van der Waals surface area contributed by atoms with Crippen LogP contribution in [0.15, 0.2) is 36.5 Å². The third-order valence-electron chi connectivity index (χ3n) is 4.41. The largest absolute Gasteiger partial charge is 0.387 e. The van der Waals surface area contributed by atoms with Crippen LogP contribution >= 0.6 is 11.3 Å². The molecule has 0 saturated carbocycles. The Morgan fingerprint density at radius 1 is 1.17 bits per heavy atom. The number of hydrogen-bond acceptors (Lipinski definition) is 6. The zero-order valence-corrected chi connectivity index (χ0v) is 14.5.